The number of rotatable bonds is 8. The Bertz CT molecular complexity index is 2040. The van der Waals surface area contributed by atoms with Gasteiger partial charge in [0.05, 0.1) is 21.4 Å². The summed E-state index contributed by atoms with van der Waals surface area (Å²) in [7, 11) is 0. The van der Waals surface area contributed by atoms with Gasteiger partial charge in [-0.25, -0.2) is 4.39 Å². The van der Waals surface area contributed by atoms with Crippen molar-refractivity contribution in [2.24, 2.45) is 11.8 Å². The molecule has 249 valence electrons. The van der Waals surface area contributed by atoms with Gasteiger partial charge < -0.3 is 5.11 Å². The molecule has 0 spiro atoms. The van der Waals surface area contributed by atoms with E-state index in [0.717, 1.165) is 56.4 Å². The van der Waals surface area contributed by atoms with Gasteiger partial charge in [-0.05, 0) is 37.2 Å². The smallest absolute Gasteiger partial charge is 0.162 e. The number of aliphatic hydroxyl groups excluding tert-OH is 1. The van der Waals surface area contributed by atoms with Gasteiger partial charge in [0.15, 0.2) is 5.78 Å². The SMILES string of the molecule is CC(C)(C)c1cc(-c2ncc(F)c3c2sc2c4ccccc4sc23)[c-]c2ccccc12.CCC(CC)C(=O)/C=C(\O)C(CC)CC.[Ir]. The van der Waals surface area contributed by atoms with E-state index in [2.05, 4.69) is 68.2 Å². The molecule has 1 radical (unpaired) electrons. The van der Waals surface area contributed by atoms with Crippen LogP contribution in [0.25, 0.3) is 51.6 Å². The summed E-state index contributed by atoms with van der Waals surface area (Å²) in [6.45, 7) is 14.7. The first-order valence-corrected chi connectivity index (χ1v) is 17.9. The fraction of sp³-hybridized carbons (Fsp3) is 0.350. The van der Waals surface area contributed by atoms with Crippen LogP contribution in [0.4, 0.5) is 4.39 Å². The fourth-order valence-corrected chi connectivity index (χ4v) is 8.90. The topological polar surface area (TPSA) is 50.2 Å². The van der Waals surface area contributed by atoms with Crippen LogP contribution in [0.2, 0.25) is 0 Å². The summed E-state index contributed by atoms with van der Waals surface area (Å²) in [6.07, 6.45) is 6.28. The first-order chi connectivity index (χ1) is 22.0. The zero-order valence-electron chi connectivity index (χ0n) is 28.2. The van der Waals surface area contributed by atoms with Crippen LogP contribution in [0, 0.1) is 23.7 Å². The van der Waals surface area contributed by atoms with Crippen molar-refractivity contribution in [2.75, 3.05) is 0 Å². The second-order valence-electron chi connectivity index (χ2n) is 12.9. The molecule has 6 rings (SSSR count). The van der Waals surface area contributed by atoms with E-state index in [-0.39, 0.29) is 54.7 Å². The van der Waals surface area contributed by atoms with Crippen molar-refractivity contribution >= 4 is 68.8 Å². The number of hydrogen-bond acceptors (Lipinski definition) is 5. The van der Waals surface area contributed by atoms with Gasteiger partial charge in [-0.3, -0.25) is 9.78 Å². The van der Waals surface area contributed by atoms with E-state index in [4.69, 9.17) is 0 Å². The molecule has 0 unspecified atom stereocenters. The molecule has 0 fully saturated rings. The maximum atomic E-state index is 15.0. The van der Waals surface area contributed by atoms with Crippen LogP contribution < -0.4 is 0 Å². The van der Waals surface area contributed by atoms with Gasteiger partial charge >= 0.3 is 0 Å². The van der Waals surface area contributed by atoms with Crippen molar-refractivity contribution in [3.05, 3.63) is 90.1 Å². The van der Waals surface area contributed by atoms with E-state index in [9.17, 15) is 9.90 Å². The summed E-state index contributed by atoms with van der Waals surface area (Å²) in [4.78, 5) is 16.3. The minimum atomic E-state index is -0.256. The molecule has 0 saturated carbocycles. The molecule has 0 atom stereocenters. The molecule has 3 heterocycles. The molecule has 0 amide bonds. The number of thiophene rings is 2. The van der Waals surface area contributed by atoms with E-state index in [1.54, 1.807) is 22.7 Å². The summed E-state index contributed by atoms with van der Waals surface area (Å²) in [5.74, 6) is 0.291. The first-order valence-electron chi connectivity index (χ1n) is 16.3. The first kappa shape index (κ1) is 36.9. The molecule has 0 bridgehead atoms. The molecule has 6 aromatic rings. The van der Waals surface area contributed by atoms with Crippen LogP contribution in [-0.4, -0.2) is 15.9 Å². The van der Waals surface area contributed by atoms with Crippen molar-refractivity contribution < 1.29 is 34.4 Å². The number of hydrogen-bond donors (Lipinski definition) is 1. The molecule has 3 aromatic carbocycles. The summed E-state index contributed by atoms with van der Waals surface area (Å²) in [5, 5.41) is 13.9. The van der Waals surface area contributed by atoms with Gasteiger partial charge in [-0.15, -0.1) is 51.8 Å². The van der Waals surface area contributed by atoms with Crippen molar-refractivity contribution in [1.82, 2.24) is 4.98 Å². The zero-order chi connectivity index (χ0) is 33.2. The third kappa shape index (κ3) is 7.54. The molecule has 3 nitrogen and oxygen atoms in total. The monoisotopic (exact) mass is 845 g/mol. The maximum Gasteiger partial charge on any atom is 0.162 e. The molecule has 0 saturated heterocycles. The molecule has 1 N–H and O–H groups in total. The second kappa shape index (κ2) is 15.5. The Hall–Kier alpha value is -2.96. The quantitative estimate of drug-likeness (QED) is 0.0943. The van der Waals surface area contributed by atoms with Crippen LogP contribution in [0.15, 0.2) is 72.6 Å². The van der Waals surface area contributed by atoms with Crippen LogP contribution in [-0.2, 0) is 30.3 Å². The third-order valence-electron chi connectivity index (χ3n) is 8.89. The number of pyridine rings is 1. The second-order valence-corrected chi connectivity index (χ2v) is 15.0. The van der Waals surface area contributed by atoms with Gasteiger partial charge in [0.1, 0.15) is 5.82 Å². The number of ketones is 1. The van der Waals surface area contributed by atoms with Crippen molar-refractivity contribution in [2.45, 2.75) is 79.6 Å². The van der Waals surface area contributed by atoms with Gasteiger partial charge in [0.2, 0.25) is 0 Å². The van der Waals surface area contributed by atoms with E-state index < -0.39 is 0 Å². The van der Waals surface area contributed by atoms with Gasteiger partial charge in [0, 0.05) is 63.9 Å². The average Bonchev–Trinajstić information content (AvgIpc) is 3.59. The largest absolute Gasteiger partial charge is 0.512 e. The molecule has 0 aliphatic carbocycles. The Balaban J connectivity index is 0.000000269. The van der Waals surface area contributed by atoms with Gasteiger partial charge in [-0.2, -0.15) is 0 Å². The summed E-state index contributed by atoms with van der Waals surface area (Å²) < 4.78 is 19.3. The molecule has 0 aliphatic heterocycles. The number of carbonyl (C=O) groups is 1. The normalized spacial score (nSPS) is 12.3. The van der Waals surface area contributed by atoms with Crippen molar-refractivity contribution in [3.8, 4) is 11.3 Å². The Morgan fingerprint density at radius 3 is 2.15 bits per heavy atom. The van der Waals surface area contributed by atoms with Gasteiger partial charge in [0.25, 0.3) is 0 Å². The number of nitrogens with zero attached hydrogens (tertiary/aromatic N) is 1. The minimum absolute atomic E-state index is 0. The molecular weight excluding hydrogens is 802 g/mol. The van der Waals surface area contributed by atoms with Crippen LogP contribution in [0.3, 0.4) is 0 Å². The number of fused-ring (bicyclic) bond motifs is 6. The van der Waals surface area contributed by atoms with E-state index in [0.29, 0.717) is 5.39 Å². The Morgan fingerprint density at radius 2 is 1.51 bits per heavy atom. The summed E-state index contributed by atoms with van der Waals surface area (Å²) in [6, 6.07) is 22.4. The number of aromatic nitrogens is 1. The fourth-order valence-electron chi connectivity index (χ4n) is 6.12. The van der Waals surface area contributed by atoms with Crippen molar-refractivity contribution in [1.29, 1.82) is 0 Å². The Kier molecular flexibility index (Phi) is 12.2. The molecule has 0 aliphatic rings. The number of aliphatic hydroxyl groups is 1. The van der Waals surface area contributed by atoms with E-state index >= 15 is 4.39 Å². The minimum Gasteiger partial charge on any atom is -0.512 e. The standard InChI is InChI=1S/C27H19FNS2.C13H24O2.Ir/c1-27(2,3)19-13-16(12-15-8-4-5-9-17(15)19)23-25-22(20(28)14-29-23)26-24(31-25)18-10-6-7-11-21(18)30-26;1-5-10(6-2)12(14)9-13(15)11(7-3)8-4;/h4-11,13-14H,1-3H3;9-11,14H,5-8H2,1-4H3;/q-1;;/b;12-9-;. The van der Waals surface area contributed by atoms with Crippen LogP contribution >= 0.6 is 22.7 Å². The Labute approximate surface area is 299 Å². The predicted octanol–water partition coefficient (Wildman–Crippen LogP) is 12.6. The van der Waals surface area contributed by atoms with Crippen LogP contribution in [0.1, 0.15) is 79.7 Å². The summed E-state index contributed by atoms with van der Waals surface area (Å²) >= 11 is 3.30. The number of carbonyl (C=O) groups excluding carboxylic acids is 1. The molecule has 7 heteroatoms. The van der Waals surface area contributed by atoms with Crippen molar-refractivity contribution in [3.63, 3.8) is 0 Å². The predicted molar refractivity (Wildman–Crippen MR) is 197 cm³/mol. The number of allylic oxidation sites excluding steroid dienone is 2. The van der Waals surface area contributed by atoms with Gasteiger partial charge in [-0.1, -0.05) is 95.8 Å². The maximum absolute atomic E-state index is 15.0. The Morgan fingerprint density at radius 1 is 0.894 bits per heavy atom. The summed E-state index contributed by atoms with van der Waals surface area (Å²) in [5.41, 5.74) is 2.95. The van der Waals surface area contributed by atoms with E-state index in [1.807, 2.05) is 45.9 Å². The third-order valence-corrected chi connectivity index (χ3v) is 11.4. The zero-order valence-corrected chi connectivity index (χ0v) is 32.2. The number of benzene rings is 3. The van der Waals surface area contributed by atoms with Crippen LogP contribution in [0.5, 0.6) is 0 Å². The average molecular weight is 845 g/mol. The molecule has 3 aromatic heterocycles. The molecule has 47 heavy (non-hydrogen) atoms. The van der Waals surface area contributed by atoms with E-state index in [1.165, 1.54) is 33.3 Å². The molecular formula is C40H43FIrNO2S2-. The number of halogens is 1.